The van der Waals surface area contributed by atoms with Gasteiger partial charge in [-0.05, 0) is 19.1 Å². The fraction of sp³-hybridized carbons (Fsp3) is 0.286. The Morgan fingerprint density at radius 2 is 2.16 bits per heavy atom. The van der Waals surface area contributed by atoms with E-state index >= 15 is 0 Å². The molecule has 1 aromatic carbocycles. The van der Waals surface area contributed by atoms with Gasteiger partial charge in [0.05, 0.1) is 24.6 Å². The summed E-state index contributed by atoms with van der Waals surface area (Å²) in [7, 11) is 1.31. The summed E-state index contributed by atoms with van der Waals surface area (Å²) in [4.78, 5) is 15.8. The fourth-order valence-corrected chi connectivity index (χ4v) is 2.43. The zero-order chi connectivity index (χ0) is 14.0. The average Bonchev–Trinajstić information content (AvgIpc) is 2.45. The first-order valence-electron chi connectivity index (χ1n) is 5.85. The Bertz CT molecular complexity index is 615. The van der Waals surface area contributed by atoms with Crippen molar-refractivity contribution in [1.29, 1.82) is 0 Å². The van der Waals surface area contributed by atoms with Crippen LogP contribution >= 0.6 is 15.9 Å². The number of carbonyl (C=O) groups is 1. The maximum Gasteiger partial charge on any atom is 0.311 e. The van der Waals surface area contributed by atoms with Gasteiger partial charge in [0.15, 0.2) is 0 Å². The molecule has 0 aliphatic rings. The lowest BCUT2D eigenvalue weighted by molar-refractivity contribution is -0.148. The largest absolute Gasteiger partial charge is 0.469 e. The fourth-order valence-electron chi connectivity index (χ4n) is 1.98. The van der Waals surface area contributed by atoms with Crippen molar-refractivity contribution in [3.8, 4) is 0 Å². The van der Waals surface area contributed by atoms with Crippen LogP contribution in [0.2, 0.25) is 0 Å². The van der Waals surface area contributed by atoms with Gasteiger partial charge in [0.25, 0.3) is 0 Å². The van der Waals surface area contributed by atoms with Gasteiger partial charge in [-0.25, -0.2) is 0 Å². The molecule has 0 aliphatic heterocycles. The van der Waals surface area contributed by atoms with Crippen molar-refractivity contribution >= 4 is 32.8 Å². The number of rotatable bonds is 3. The van der Waals surface area contributed by atoms with Crippen LogP contribution in [0.5, 0.6) is 0 Å². The summed E-state index contributed by atoms with van der Waals surface area (Å²) in [6.07, 6.45) is 0.714. The predicted molar refractivity (Wildman–Crippen MR) is 75.6 cm³/mol. The molecule has 0 spiro atoms. The van der Waals surface area contributed by atoms with Gasteiger partial charge in [0.2, 0.25) is 0 Å². The molecule has 0 bridgehead atoms. The number of fused-ring (bicyclic) bond motifs is 1. The smallest absolute Gasteiger partial charge is 0.311 e. The van der Waals surface area contributed by atoms with Crippen LogP contribution in [0.4, 0.5) is 0 Å². The minimum atomic E-state index is -0.946. The Labute approximate surface area is 119 Å². The topological polar surface area (TPSA) is 59.4 Å². The van der Waals surface area contributed by atoms with E-state index in [2.05, 4.69) is 25.7 Å². The van der Waals surface area contributed by atoms with Crippen LogP contribution in [0.15, 0.2) is 34.9 Å². The van der Waals surface area contributed by atoms with E-state index in [1.54, 1.807) is 19.2 Å². The van der Waals surface area contributed by atoms with E-state index in [4.69, 9.17) is 0 Å². The van der Waals surface area contributed by atoms with Crippen LogP contribution in [0.3, 0.4) is 0 Å². The van der Waals surface area contributed by atoms with Gasteiger partial charge in [0.1, 0.15) is 0 Å². The van der Waals surface area contributed by atoms with Crippen LogP contribution in [0, 0.1) is 5.92 Å². The van der Waals surface area contributed by atoms with Crippen LogP contribution in [-0.4, -0.2) is 23.2 Å². The lowest BCUT2D eigenvalue weighted by Gasteiger charge is -2.18. The SMILES string of the molecule is COC(=O)C(C)C(O)c1ccc(Br)c2cccnc12. The second kappa shape index (κ2) is 5.67. The van der Waals surface area contributed by atoms with Crippen molar-refractivity contribution in [1.82, 2.24) is 4.98 Å². The number of benzene rings is 1. The Morgan fingerprint density at radius 1 is 1.42 bits per heavy atom. The van der Waals surface area contributed by atoms with E-state index in [0.29, 0.717) is 11.1 Å². The molecular formula is C14H14BrNO3. The molecule has 2 rings (SSSR count). The summed E-state index contributed by atoms with van der Waals surface area (Å²) >= 11 is 3.45. The molecule has 4 nitrogen and oxygen atoms in total. The maximum absolute atomic E-state index is 11.5. The maximum atomic E-state index is 11.5. The van der Waals surface area contributed by atoms with Gasteiger partial charge in [-0.1, -0.05) is 28.1 Å². The van der Waals surface area contributed by atoms with Crippen molar-refractivity contribution in [2.45, 2.75) is 13.0 Å². The highest BCUT2D eigenvalue weighted by Crippen LogP contribution is 2.32. The van der Waals surface area contributed by atoms with E-state index in [-0.39, 0.29) is 0 Å². The Hall–Kier alpha value is -1.46. The van der Waals surface area contributed by atoms with Gasteiger partial charge >= 0.3 is 5.97 Å². The quantitative estimate of drug-likeness (QED) is 0.882. The molecule has 0 amide bonds. The number of aliphatic hydroxyl groups excluding tert-OH is 1. The molecule has 100 valence electrons. The van der Waals surface area contributed by atoms with Crippen molar-refractivity contribution in [2.24, 2.45) is 5.92 Å². The van der Waals surface area contributed by atoms with Crippen LogP contribution in [0.1, 0.15) is 18.6 Å². The highest BCUT2D eigenvalue weighted by Gasteiger charge is 2.26. The third kappa shape index (κ3) is 2.62. The molecule has 0 aliphatic carbocycles. The van der Waals surface area contributed by atoms with E-state index in [1.165, 1.54) is 7.11 Å². The van der Waals surface area contributed by atoms with Gasteiger partial charge in [0, 0.05) is 21.6 Å². The molecule has 1 N–H and O–H groups in total. The number of methoxy groups -OCH3 is 1. The third-order valence-electron chi connectivity index (χ3n) is 3.11. The first kappa shape index (κ1) is 14.0. The second-order valence-electron chi connectivity index (χ2n) is 4.29. The molecule has 1 aromatic heterocycles. The lowest BCUT2D eigenvalue weighted by Crippen LogP contribution is -2.21. The minimum Gasteiger partial charge on any atom is -0.469 e. The Kier molecular flexibility index (Phi) is 4.17. The number of esters is 1. The highest BCUT2D eigenvalue weighted by atomic mass is 79.9. The van der Waals surface area contributed by atoms with Crippen LogP contribution < -0.4 is 0 Å². The molecule has 0 saturated carbocycles. The number of aliphatic hydroxyl groups is 1. The van der Waals surface area contributed by atoms with Crippen molar-refractivity contribution in [3.05, 3.63) is 40.5 Å². The van der Waals surface area contributed by atoms with Crippen molar-refractivity contribution in [2.75, 3.05) is 7.11 Å². The first-order chi connectivity index (χ1) is 9.06. The van der Waals surface area contributed by atoms with Gasteiger partial charge in [-0.15, -0.1) is 0 Å². The molecule has 2 aromatic rings. The third-order valence-corrected chi connectivity index (χ3v) is 3.80. The van der Waals surface area contributed by atoms with E-state index in [9.17, 15) is 9.90 Å². The lowest BCUT2D eigenvalue weighted by atomic mass is 9.95. The molecule has 19 heavy (non-hydrogen) atoms. The number of halogens is 1. The second-order valence-corrected chi connectivity index (χ2v) is 5.15. The normalized spacial score (nSPS) is 14.1. The molecule has 1 heterocycles. The molecule has 5 heteroatoms. The molecular weight excluding hydrogens is 310 g/mol. The summed E-state index contributed by atoms with van der Waals surface area (Å²) in [6, 6.07) is 7.34. The standard InChI is InChI=1S/C14H14BrNO3/c1-8(14(18)19-2)13(17)10-5-6-11(15)9-4-3-7-16-12(9)10/h3-8,13,17H,1-2H3. The zero-order valence-corrected chi connectivity index (χ0v) is 12.2. The summed E-state index contributed by atoms with van der Waals surface area (Å²) in [6.45, 7) is 1.63. The predicted octanol–water partition coefficient (Wildman–Crippen LogP) is 2.84. The Morgan fingerprint density at radius 3 is 2.84 bits per heavy atom. The number of aromatic nitrogens is 1. The summed E-state index contributed by atoms with van der Waals surface area (Å²) in [5, 5.41) is 11.2. The zero-order valence-electron chi connectivity index (χ0n) is 10.6. The number of nitrogens with zero attached hydrogens (tertiary/aromatic N) is 1. The van der Waals surface area contributed by atoms with Crippen LogP contribution in [-0.2, 0) is 9.53 Å². The number of hydrogen-bond donors (Lipinski definition) is 1. The highest BCUT2D eigenvalue weighted by molar-refractivity contribution is 9.10. The summed E-state index contributed by atoms with van der Waals surface area (Å²) < 4.78 is 5.56. The summed E-state index contributed by atoms with van der Waals surface area (Å²) in [5.41, 5.74) is 1.30. The van der Waals surface area contributed by atoms with E-state index in [0.717, 1.165) is 9.86 Å². The van der Waals surface area contributed by atoms with Crippen molar-refractivity contribution < 1.29 is 14.6 Å². The minimum absolute atomic E-state index is 0.445. The van der Waals surface area contributed by atoms with Crippen LogP contribution in [0.25, 0.3) is 10.9 Å². The van der Waals surface area contributed by atoms with E-state index < -0.39 is 18.0 Å². The number of carbonyl (C=O) groups excluding carboxylic acids is 1. The average molecular weight is 324 g/mol. The molecule has 0 fully saturated rings. The summed E-state index contributed by atoms with van der Waals surface area (Å²) in [5.74, 6) is -1.09. The first-order valence-corrected chi connectivity index (χ1v) is 6.64. The molecule has 2 unspecified atom stereocenters. The van der Waals surface area contributed by atoms with Gasteiger partial charge in [-0.2, -0.15) is 0 Å². The number of hydrogen-bond acceptors (Lipinski definition) is 4. The van der Waals surface area contributed by atoms with Gasteiger partial charge in [-0.3, -0.25) is 9.78 Å². The molecule has 0 saturated heterocycles. The monoisotopic (exact) mass is 323 g/mol. The Balaban J connectivity index is 2.51. The van der Waals surface area contributed by atoms with Gasteiger partial charge < -0.3 is 9.84 Å². The molecule has 0 radical (unpaired) electrons. The number of ether oxygens (including phenoxy) is 1. The van der Waals surface area contributed by atoms with Crippen molar-refractivity contribution in [3.63, 3.8) is 0 Å². The molecule has 2 atom stereocenters. The number of pyridine rings is 1. The van der Waals surface area contributed by atoms with E-state index in [1.807, 2.05) is 18.2 Å².